The molecule has 0 aromatic carbocycles. The Bertz CT molecular complexity index is 118. The van der Waals surface area contributed by atoms with Crippen LogP contribution in [0.15, 0.2) is 12.2 Å². The molecule has 0 unspecified atom stereocenters. The van der Waals surface area contributed by atoms with E-state index in [1.165, 1.54) is 31.3 Å². The van der Waals surface area contributed by atoms with Crippen molar-refractivity contribution in [3.63, 3.8) is 0 Å². The zero-order chi connectivity index (χ0) is 6.91. The Morgan fingerprint density at radius 2 is 2.11 bits per heavy atom. The first kappa shape index (κ1) is 6.85. The molecule has 0 nitrogen and oxygen atoms in total. The third-order valence-electron chi connectivity index (χ3n) is 2.38. The zero-order valence-corrected chi connectivity index (χ0v) is 6.54. The lowest BCUT2D eigenvalue weighted by Crippen LogP contribution is -1.97. The lowest BCUT2D eigenvalue weighted by atomic mass is 9.95. The van der Waals surface area contributed by atoms with Gasteiger partial charge in [-0.3, -0.25) is 0 Å². The van der Waals surface area contributed by atoms with E-state index in [1.54, 1.807) is 0 Å². The molecule has 1 saturated carbocycles. The van der Waals surface area contributed by atoms with Gasteiger partial charge in [-0.25, -0.2) is 0 Å². The first-order chi connectivity index (χ1) is 4.18. The first-order valence-corrected chi connectivity index (χ1v) is 3.83. The molecular weight excluding hydrogens is 108 g/mol. The van der Waals surface area contributed by atoms with Crippen LogP contribution in [-0.2, 0) is 0 Å². The van der Waals surface area contributed by atoms with E-state index in [-0.39, 0.29) is 0 Å². The predicted molar refractivity (Wildman–Crippen MR) is 41.4 cm³/mol. The predicted octanol–water partition coefficient (Wildman–Crippen LogP) is 3.14. The molecule has 0 radical (unpaired) electrons. The van der Waals surface area contributed by atoms with Gasteiger partial charge in [0.15, 0.2) is 0 Å². The second-order valence-electron chi connectivity index (χ2n) is 3.49. The van der Waals surface area contributed by atoms with E-state index in [1.807, 2.05) is 0 Å². The van der Waals surface area contributed by atoms with Gasteiger partial charge in [0.25, 0.3) is 0 Å². The molecule has 0 aromatic heterocycles. The summed E-state index contributed by atoms with van der Waals surface area (Å²) in [6.07, 6.45) is 5.50. The molecule has 0 atom stereocenters. The normalized spacial score (nSPS) is 21.6. The van der Waals surface area contributed by atoms with Crippen molar-refractivity contribution in [3.8, 4) is 0 Å². The van der Waals surface area contributed by atoms with E-state index in [0.717, 1.165) is 0 Å². The summed E-state index contributed by atoms with van der Waals surface area (Å²) in [5.41, 5.74) is 2.07. The van der Waals surface area contributed by atoms with Crippen LogP contribution in [0.3, 0.4) is 0 Å². The van der Waals surface area contributed by atoms with E-state index >= 15 is 0 Å². The van der Waals surface area contributed by atoms with Crippen molar-refractivity contribution < 1.29 is 0 Å². The summed E-state index contributed by atoms with van der Waals surface area (Å²) >= 11 is 0. The lowest BCUT2D eigenvalue weighted by Gasteiger charge is -2.10. The van der Waals surface area contributed by atoms with Crippen molar-refractivity contribution >= 4 is 0 Å². The standard InChI is InChI=1S/C9H16/c1-4-9(5-6-9)7-8(2)3/h2,4-7H2,1,3H3. The van der Waals surface area contributed by atoms with E-state index in [9.17, 15) is 0 Å². The molecular formula is C9H16. The van der Waals surface area contributed by atoms with Gasteiger partial charge in [-0.05, 0) is 31.6 Å². The average Bonchev–Trinajstić information content (AvgIpc) is 2.48. The fraction of sp³-hybridized carbons (Fsp3) is 0.778. The van der Waals surface area contributed by atoms with Crippen molar-refractivity contribution in [3.05, 3.63) is 12.2 Å². The fourth-order valence-corrected chi connectivity index (χ4v) is 1.47. The van der Waals surface area contributed by atoms with Crippen LogP contribution in [0.4, 0.5) is 0 Å². The third kappa shape index (κ3) is 1.57. The Morgan fingerprint density at radius 3 is 2.22 bits per heavy atom. The van der Waals surface area contributed by atoms with Gasteiger partial charge in [0.2, 0.25) is 0 Å². The summed E-state index contributed by atoms with van der Waals surface area (Å²) in [6, 6.07) is 0. The Hall–Kier alpha value is -0.260. The molecule has 0 heteroatoms. The van der Waals surface area contributed by atoms with Gasteiger partial charge < -0.3 is 0 Å². The summed E-state index contributed by atoms with van der Waals surface area (Å²) in [5.74, 6) is 0. The van der Waals surface area contributed by atoms with Gasteiger partial charge in [0, 0.05) is 0 Å². The second-order valence-corrected chi connectivity index (χ2v) is 3.49. The van der Waals surface area contributed by atoms with Crippen molar-refractivity contribution in [2.24, 2.45) is 5.41 Å². The Kier molecular flexibility index (Phi) is 1.65. The number of hydrogen-bond donors (Lipinski definition) is 0. The van der Waals surface area contributed by atoms with Crippen molar-refractivity contribution in [2.75, 3.05) is 0 Å². The highest BCUT2D eigenvalue weighted by Crippen LogP contribution is 2.52. The minimum atomic E-state index is 0.714. The molecule has 1 fully saturated rings. The van der Waals surface area contributed by atoms with E-state index < -0.39 is 0 Å². The fourth-order valence-electron chi connectivity index (χ4n) is 1.47. The summed E-state index contributed by atoms with van der Waals surface area (Å²) in [5, 5.41) is 0. The second kappa shape index (κ2) is 2.17. The van der Waals surface area contributed by atoms with E-state index in [2.05, 4.69) is 20.4 Å². The van der Waals surface area contributed by atoms with Crippen LogP contribution in [0, 0.1) is 5.41 Å². The van der Waals surface area contributed by atoms with Gasteiger partial charge in [-0.2, -0.15) is 0 Å². The molecule has 52 valence electrons. The van der Waals surface area contributed by atoms with Crippen LogP contribution >= 0.6 is 0 Å². The minimum Gasteiger partial charge on any atom is -0.100 e. The zero-order valence-electron chi connectivity index (χ0n) is 6.54. The highest BCUT2D eigenvalue weighted by Gasteiger charge is 2.39. The van der Waals surface area contributed by atoms with Gasteiger partial charge in [-0.15, -0.1) is 6.58 Å². The maximum absolute atomic E-state index is 3.93. The monoisotopic (exact) mass is 124 g/mol. The maximum Gasteiger partial charge on any atom is -0.0263 e. The van der Waals surface area contributed by atoms with Crippen molar-refractivity contribution in [1.29, 1.82) is 0 Å². The molecule has 0 aromatic rings. The van der Waals surface area contributed by atoms with E-state index in [4.69, 9.17) is 0 Å². The van der Waals surface area contributed by atoms with Crippen molar-refractivity contribution in [1.82, 2.24) is 0 Å². The summed E-state index contributed by atoms with van der Waals surface area (Å²) in [4.78, 5) is 0. The summed E-state index contributed by atoms with van der Waals surface area (Å²) < 4.78 is 0. The Labute approximate surface area is 58.0 Å². The summed E-state index contributed by atoms with van der Waals surface area (Å²) in [7, 11) is 0. The largest absolute Gasteiger partial charge is 0.100 e. The average molecular weight is 124 g/mol. The molecule has 0 aliphatic heterocycles. The van der Waals surface area contributed by atoms with Crippen LogP contribution in [0.5, 0.6) is 0 Å². The molecule has 0 bridgehead atoms. The molecule has 0 amide bonds. The topological polar surface area (TPSA) is 0 Å². The van der Waals surface area contributed by atoms with E-state index in [0.29, 0.717) is 5.41 Å². The van der Waals surface area contributed by atoms with Crippen LogP contribution in [0.25, 0.3) is 0 Å². The summed E-state index contributed by atoms with van der Waals surface area (Å²) in [6.45, 7) is 8.35. The molecule has 1 aliphatic rings. The van der Waals surface area contributed by atoms with Crippen LogP contribution in [-0.4, -0.2) is 0 Å². The van der Waals surface area contributed by atoms with Crippen molar-refractivity contribution in [2.45, 2.75) is 39.5 Å². The van der Waals surface area contributed by atoms with Crippen LogP contribution in [0.1, 0.15) is 39.5 Å². The van der Waals surface area contributed by atoms with Gasteiger partial charge in [0.05, 0.1) is 0 Å². The first-order valence-electron chi connectivity index (χ1n) is 3.83. The van der Waals surface area contributed by atoms with Gasteiger partial charge in [-0.1, -0.05) is 18.9 Å². The molecule has 0 saturated heterocycles. The number of allylic oxidation sites excluding steroid dienone is 1. The molecule has 0 N–H and O–H groups in total. The Morgan fingerprint density at radius 1 is 1.56 bits per heavy atom. The quantitative estimate of drug-likeness (QED) is 0.507. The SMILES string of the molecule is C=C(C)CC1(CC)CC1. The number of rotatable bonds is 3. The molecule has 0 spiro atoms. The van der Waals surface area contributed by atoms with Crippen LogP contribution in [0.2, 0.25) is 0 Å². The molecule has 1 rings (SSSR count). The van der Waals surface area contributed by atoms with Gasteiger partial charge in [0.1, 0.15) is 0 Å². The highest BCUT2D eigenvalue weighted by atomic mass is 14.4. The number of hydrogen-bond acceptors (Lipinski definition) is 0. The highest BCUT2D eigenvalue weighted by molar-refractivity contribution is 5.03. The lowest BCUT2D eigenvalue weighted by molar-refractivity contribution is 0.487. The smallest absolute Gasteiger partial charge is 0.0263 e. The third-order valence-corrected chi connectivity index (χ3v) is 2.38. The van der Waals surface area contributed by atoms with Crippen LogP contribution < -0.4 is 0 Å². The Balaban J connectivity index is 2.33. The molecule has 9 heavy (non-hydrogen) atoms. The molecule has 0 heterocycles. The maximum atomic E-state index is 3.93. The molecule has 1 aliphatic carbocycles. The van der Waals surface area contributed by atoms with Gasteiger partial charge >= 0.3 is 0 Å². The minimum absolute atomic E-state index is 0.714.